The fourth-order valence-electron chi connectivity index (χ4n) is 2.51. The van der Waals surface area contributed by atoms with Crippen LogP contribution in [0, 0.1) is 0 Å². The summed E-state index contributed by atoms with van der Waals surface area (Å²) in [6.07, 6.45) is 3.44. The second kappa shape index (κ2) is 6.58. The Hall–Kier alpha value is -1.40. The molecule has 0 saturated carbocycles. The van der Waals surface area contributed by atoms with E-state index in [0.29, 0.717) is 12.4 Å². The van der Waals surface area contributed by atoms with E-state index in [2.05, 4.69) is 19.8 Å². The van der Waals surface area contributed by atoms with Crippen LogP contribution in [0.25, 0.3) is 0 Å². The molecule has 0 spiro atoms. The van der Waals surface area contributed by atoms with Crippen LogP contribution in [0.3, 0.4) is 0 Å². The molecule has 1 N–H and O–H groups in total. The topological polar surface area (TPSA) is 61.7 Å². The molecule has 2 heterocycles. The van der Waals surface area contributed by atoms with Crippen LogP contribution in [-0.4, -0.2) is 64.4 Å². The highest BCUT2D eigenvalue weighted by molar-refractivity contribution is 5.48. The summed E-state index contributed by atoms with van der Waals surface area (Å²) in [4.78, 5) is 13.2. The molecule has 0 aliphatic carbocycles. The number of hydrogen-bond donors (Lipinski definition) is 1. The number of aromatic nitrogens is 2. The van der Waals surface area contributed by atoms with E-state index in [0.717, 1.165) is 32.0 Å². The van der Waals surface area contributed by atoms with Gasteiger partial charge in [0.15, 0.2) is 5.82 Å². The lowest BCUT2D eigenvalue weighted by molar-refractivity contribution is 0.0344. The minimum absolute atomic E-state index is 0.0805. The van der Waals surface area contributed by atoms with Crippen LogP contribution in [-0.2, 0) is 0 Å². The zero-order chi connectivity index (χ0) is 15.5. The summed E-state index contributed by atoms with van der Waals surface area (Å²) >= 11 is 0. The lowest BCUT2D eigenvalue weighted by Crippen LogP contribution is -2.50. The molecule has 1 aromatic rings. The normalized spacial score (nSPS) is 17.3. The van der Waals surface area contributed by atoms with Crippen molar-refractivity contribution in [3.05, 3.63) is 12.4 Å². The minimum atomic E-state index is -0.652. The Morgan fingerprint density at radius 3 is 2.38 bits per heavy atom. The number of hydrogen-bond acceptors (Lipinski definition) is 6. The molecule has 1 aliphatic heterocycles. The number of piperazine rings is 1. The van der Waals surface area contributed by atoms with Crippen LogP contribution >= 0.6 is 0 Å². The Kier molecular flexibility index (Phi) is 5.00. The van der Waals surface area contributed by atoms with E-state index in [1.165, 1.54) is 0 Å². The first-order valence-electron chi connectivity index (χ1n) is 7.52. The van der Waals surface area contributed by atoms with Crippen LogP contribution < -0.4 is 9.64 Å². The van der Waals surface area contributed by atoms with E-state index in [4.69, 9.17) is 4.74 Å². The summed E-state index contributed by atoms with van der Waals surface area (Å²) in [6, 6.07) is 0. The monoisotopic (exact) mass is 294 g/mol. The van der Waals surface area contributed by atoms with Crippen molar-refractivity contribution in [1.82, 2.24) is 14.9 Å². The smallest absolute Gasteiger partial charge is 0.257 e. The van der Waals surface area contributed by atoms with Crippen LogP contribution in [0.1, 0.15) is 27.7 Å². The Morgan fingerprint density at radius 1 is 1.19 bits per heavy atom. The minimum Gasteiger partial charge on any atom is -0.472 e. The van der Waals surface area contributed by atoms with Crippen molar-refractivity contribution in [2.45, 2.75) is 39.4 Å². The number of anilines is 1. The zero-order valence-electron chi connectivity index (χ0n) is 13.4. The molecule has 6 nitrogen and oxygen atoms in total. The van der Waals surface area contributed by atoms with Crippen LogP contribution in [0.5, 0.6) is 5.88 Å². The van der Waals surface area contributed by atoms with E-state index < -0.39 is 5.60 Å². The highest BCUT2D eigenvalue weighted by Gasteiger charge is 2.25. The summed E-state index contributed by atoms with van der Waals surface area (Å²) in [7, 11) is 0. The second-order valence-electron chi connectivity index (χ2n) is 6.43. The van der Waals surface area contributed by atoms with Gasteiger partial charge in [-0.05, 0) is 27.7 Å². The van der Waals surface area contributed by atoms with Gasteiger partial charge in [-0.25, -0.2) is 9.97 Å². The summed E-state index contributed by atoms with van der Waals surface area (Å²) < 4.78 is 5.74. The number of β-amino-alcohol motifs (C(OH)–C–C–N with tert-alkyl or cyclic N) is 1. The average Bonchev–Trinajstić information content (AvgIpc) is 2.38. The molecule has 0 aromatic carbocycles. The molecule has 0 amide bonds. The number of ether oxygens (including phenoxy) is 1. The summed E-state index contributed by atoms with van der Waals surface area (Å²) in [5.41, 5.74) is -0.652. The van der Waals surface area contributed by atoms with Crippen LogP contribution in [0.2, 0.25) is 0 Å². The molecule has 1 fully saturated rings. The maximum absolute atomic E-state index is 9.90. The Bertz CT molecular complexity index is 451. The van der Waals surface area contributed by atoms with Gasteiger partial charge in [-0.15, -0.1) is 0 Å². The van der Waals surface area contributed by atoms with E-state index >= 15 is 0 Å². The van der Waals surface area contributed by atoms with Crippen molar-refractivity contribution in [3.63, 3.8) is 0 Å². The molecule has 0 radical (unpaired) electrons. The Labute approximate surface area is 126 Å². The van der Waals surface area contributed by atoms with Crippen molar-refractivity contribution in [1.29, 1.82) is 0 Å². The first kappa shape index (κ1) is 16.0. The molecular formula is C15H26N4O2. The first-order valence-corrected chi connectivity index (χ1v) is 7.52. The third kappa shape index (κ3) is 4.82. The van der Waals surface area contributed by atoms with Crippen molar-refractivity contribution < 1.29 is 9.84 Å². The standard InChI is InChI=1S/C15H26N4O2/c1-12(2)21-14-13(16-5-6-17-14)19-9-7-18(8-10-19)11-15(3,4)20/h5-6,12,20H,7-11H2,1-4H3. The zero-order valence-corrected chi connectivity index (χ0v) is 13.4. The van der Waals surface area contributed by atoms with Gasteiger partial charge >= 0.3 is 0 Å². The molecular weight excluding hydrogens is 268 g/mol. The SMILES string of the molecule is CC(C)Oc1nccnc1N1CCN(CC(C)(C)O)CC1. The number of nitrogens with zero attached hydrogens (tertiary/aromatic N) is 4. The van der Waals surface area contributed by atoms with E-state index in [1.807, 2.05) is 27.7 Å². The van der Waals surface area contributed by atoms with Gasteiger partial charge in [-0.2, -0.15) is 0 Å². The van der Waals surface area contributed by atoms with Crippen molar-refractivity contribution >= 4 is 5.82 Å². The van der Waals surface area contributed by atoms with Gasteiger partial charge in [-0.1, -0.05) is 0 Å². The van der Waals surface area contributed by atoms with E-state index in [-0.39, 0.29) is 6.10 Å². The maximum Gasteiger partial charge on any atom is 0.257 e. The Balaban J connectivity index is 1.99. The third-order valence-corrected chi connectivity index (χ3v) is 3.28. The summed E-state index contributed by atoms with van der Waals surface area (Å²) in [6.45, 7) is 11.9. The van der Waals surface area contributed by atoms with Gasteiger partial charge < -0.3 is 14.7 Å². The fraction of sp³-hybridized carbons (Fsp3) is 0.733. The molecule has 0 bridgehead atoms. The highest BCUT2D eigenvalue weighted by atomic mass is 16.5. The van der Waals surface area contributed by atoms with Gasteiger partial charge in [0.1, 0.15) is 0 Å². The quantitative estimate of drug-likeness (QED) is 0.879. The molecule has 0 atom stereocenters. The van der Waals surface area contributed by atoms with Crippen molar-refractivity contribution in [2.24, 2.45) is 0 Å². The van der Waals surface area contributed by atoms with E-state index in [9.17, 15) is 5.11 Å². The molecule has 2 rings (SSSR count). The predicted molar refractivity (Wildman–Crippen MR) is 82.7 cm³/mol. The fourth-order valence-corrected chi connectivity index (χ4v) is 2.51. The first-order chi connectivity index (χ1) is 9.85. The van der Waals surface area contributed by atoms with Crippen LogP contribution in [0.4, 0.5) is 5.82 Å². The van der Waals surface area contributed by atoms with Gasteiger partial charge in [0.25, 0.3) is 5.88 Å². The molecule has 1 aliphatic rings. The molecule has 6 heteroatoms. The van der Waals surface area contributed by atoms with Crippen molar-refractivity contribution in [2.75, 3.05) is 37.6 Å². The molecule has 21 heavy (non-hydrogen) atoms. The average molecular weight is 294 g/mol. The largest absolute Gasteiger partial charge is 0.472 e. The number of rotatable bonds is 5. The van der Waals surface area contributed by atoms with Gasteiger partial charge in [0.2, 0.25) is 0 Å². The highest BCUT2D eigenvalue weighted by Crippen LogP contribution is 2.24. The maximum atomic E-state index is 9.90. The second-order valence-corrected chi connectivity index (χ2v) is 6.43. The van der Waals surface area contributed by atoms with Gasteiger partial charge in [0, 0.05) is 45.1 Å². The lowest BCUT2D eigenvalue weighted by Gasteiger charge is -2.38. The van der Waals surface area contributed by atoms with Gasteiger partial charge in [-0.3, -0.25) is 4.90 Å². The molecule has 0 unspecified atom stereocenters. The van der Waals surface area contributed by atoms with Crippen molar-refractivity contribution in [3.8, 4) is 5.88 Å². The number of aliphatic hydroxyl groups is 1. The molecule has 118 valence electrons. The third-order valence-electron chi connectivity index (χ3n) is 3.28. The summed E-state index contributed by atoms with van der Waals surface area (Å²) in [5.74, 6) is 1.41. The van der Waals surface area contributed by atoms with Crippen LogP contribution in [0.15, 0.2) is 12.4 Å². The lowest BCUT2D eigenvalue weighted by atomic mass is 10.1. The predicted octanol–water partition coefficient (Wildman–Crippen LogP) is 1.16. The molecule has 1 aromatic heterocycles. The summed E-state index contributed by atoms with van der Waals surface area (Å²) in [5, 5.41) is 9.90. The Morgan fingerprint density at radius 2 is 1.81 bits per heavy atom. The van der Waals surface area contributed by atoms with Gasteiger partial charge in [0.05, 0.1) is 11.7 Å². The van der Waals surface area contributed by atoms with E-state index in [1.54, 1.807) is 12.4 Å². The molecule has 1 saturated heterocycles.